The van der Waals surface area contributed by atoms with Crippen LogP contribution in [0.5, 0.6) is 11.5 Å². The van der Waals surface area contributed by atoms with E-state index in [1.54, 1.807) is 30.5 Å². The molecule has 4 rings (SSSR count). The first kappa shape index (κ1) is 20.7. The minimum atomic E-state index is -0.350. The van der Waals surface area contributed by atoms with Gasteiger partial charge < -0.3 is 19.2 Å². The second-order valence-corrected chi connectivity index (χ2v) is 7.52. The molecule has 1 N–H and O–H groups in total. The maximum Gasteiger partial charge on any atom is 0.291 e. The maximum absolute atomic E-state index is 12.5. The van der Waals surface area contributed by atoms with Crippen molar-refractivity contribution in [2.45, 2.75) is 13.2 Å². The highest BCUT2D eigenvalue weighted by Gasteiger charge is 2.12. The second-order valence-electron chi connectivity index (χ2n) is 6.60. The Hall–Kier alpha value is -3.58. The van der Waals surface area contributed by atoms with Gasteiger partial charge in [-0.05, 0) is 60.7 Å². The molecule has 2 heterocycles. The number of ether oxygens (including phenoxy) is 2. The first-order chi connectivity index (χ1) is 15.2. The van der Waals surface area contributed by atoms with Crippen molar-refractivity contribution in [2.75, 3.05) is 5.32 Å². The van der Waals surface area contributed by atoms with E-state index < -0.39 is 0 Å². The number of carbonyl (C=O) groups excluding carboxylic acids is 1. The zero-order valence-electron chi connectivity index (χ0n) is 16.5. The fraction of sp³-hybridized carbons (Fsp3) is 0.0833. The molecule has 0 unspecified atom stereocenters. The Morgan fingerprint density at radius 2 is 1.74 bits per heavy atom. The van der Waals surface area contributed by atoms with E-state index in [0.717, 1.165) is 10.2 Å². The van der Waals surface area contributed by atoms with E-state index in [0.29, 0.717) is 29.6 Å². The minimum Gasteiger partial charge on any atom is -0.487 e. The van der Waals surface area contributed by atoms with Gasteiger partial charge in [-0.3, -0.25) is 9.78 Å². The fourth-order valence-electron chi connectivity index (χ4n) is 2.76. The summed E-state index contributed by atoms with van der Waals surface area (Å²) in [6.07, 6.45) is 1.72. The first-order valence-corrected chi connectivity index (χ1v) is 10.4. The number of rotatable bonds is 8. The number of amides is 1. The molecule has 1 amide bonds. The molecule has 0 saturated heterocycles. The van der Waals surface area contributed by atoms with E-state index in [2.05, 4.69) is 26.2 Å². The van der Waals surface area contributed by atoms with E-state index in [-0.39, 0.29) is 18.3 Å². The SMILES string of the molecule is O=C(Nc1cccc(OCc2ccccn2)c1)c1ccc(COc2ccc(Br)cc2)o1. The third-order valence-electron chi connectivity index (χ3n) is 4.28. The number of benzene rings is 2. The summed E-state index contributed by atoms with van der Waals surface area (Å²) in [5.74, 6) is 1.76. The van der Waals surface area contributed by atoms with Crippen molar-refractivity contribution in [1.82, 2.24) is 4.98 Å². The number of carbonyl (C=O) groups is 1. The summed E-state index contributed by atoms with van der Waals surface area (Å²) in [5, 5.41) is 2.82. The van der Waals surface area contributed by atoms with Gasteiger partial charge in [0, 0.05) is 22.4 Å². The van der Waals surface area contributed by atoms with Crippen molar-refractivity contribution >= 4 is 27.5 Å². The maximum atomic E-state index is 12.5. The largest absolute Gasteiger partial charge is 0.487 e. The summed E-state index contributed by atoms with van der Waals surface area (Å²) in [6.45, 7) is 0.573. The molecule has 0 fully saturated rings. The van der Waals surface area contributed by atoms with Gasteiger partial charge in [0.25, 0.3) is 5.91 Å². The van der Waals surface area contributed by atoms with Gasteiger partial charge in [-0.1, -0.05) is 28.1 Å². The Bertz CT molecular complexity index is 1140. The highest BCUT2D eigenvalue weighted by Crippen LogP contribution is 2.21. The average Bonchev–Trinajstić information content (AvgIpc) is 3.28. The number of aromatic nitrogens is 1. The van der Waals surface area contributed by atoms with Gasteiger partial charge in [0.05, 0.1) is 5.69 Å². The van der Waals surface area contributed by atoms with Gasteiger partial charge in [-0.2, -0.15) is 0 Å². The van der Waals surface area contributed by atoms with Gasteiger partial charge in [0.2, 0.25) is 0 Å². The van der Waals surface area contributed by atoms with Crippen LogP contribution < -0.4 is 14.8 Å². The Labute approximate surface area is 188 Å². The number of pyridine rings is 1. The molecule has 2 aromatic carbocycles. The average molecular weight is 479 g/mol. The summed E-state index contributed by atoms with van der Waals surface area (Å²) in [4.78, 5) is 16.8. The van der Waals surface area contributed by atoms with Crippen LogP contribution in [0.15, 0.2) is 93.9 Å². The lowest BCUT2D eigenvalue weighted by atomic mass is 10.3. The van der Waals surface area contributed by atoms with Crippen LogP contribution in [0.25, 0.3) is 0 Å². The van der Waals surface area contributed by atoms with Gasteiger partial charge >= 0.3 is 0 Å². The van der Waals surface area contributed by atoms with Crippen LogP contribution >= 0.6 is 15.9 Å². The van der Waals surface area contributed by atoms with E-state index in [1.807, 2.05) is 54.6 Å². The molecule has 2 aromatic heterocycles. The Balaban J connectivity index is 1.32. The van der Waals surface area contributed by atoms with E-state index in [1.165, 1.54) is 0 Å². The van der Waals surface area contributed by atoms with E-state index in [4.69, 9.17) is 13.9 Å². The number of furan rings is 1. The molecule has 0 radical (unpaired) electrons. The van der Waals surface area contributed by atoms with Crippen LogP contribution in [0.3, 0.4) is 0 Å². The lowest BCUT2D eigenvalue weighted by molar-refractivity contribution is 0.0992. The summed E-state index contributed by atoms with van der Waals surface area (Å²) >= 11 is 3.38. The number of nitrogens with one attached hydrogen (secondary N) is 1. The van der Waals surface area contributed by atoms with E-state index >= 15 is 0 Å². The van der Waals surface area contributed by atoms with Crippen LogP contribution in [0.4, 0.5) is 5.69 Å². The third-order valence-corrected chi connectivity index (χ3v) is 4.81. The Morgan fingerprint density at radius 1 is 0.903 bits per heavy atom. The van der Waals surface area contributed by atoms with Gasteiger partial charge in [-0.25, -0.2) is 0 Å². The summed E-state index contributed by atoms with van der Waals surface area (Å²) in [5.41, 5.74) is 1.43. The normalized spacial score (nSPS) is 10.5. The topological polar surface area (TPSA) is 73.6 Å². The van der Waals surface area contributed by atoms with Crippen molar-refractivity contribution in [3.63, 3.8) is 0 Å². The number of hydrogen-bond donors (Lipinski definition) is 1. The zero-order valence-corrected chi connectivity index (χ0v) is 18.0. The molecular weight excluding hydrogens is 460 g/mol. The number of halogens is 1. The molecule has 0 saturated carbocycles. The van der Waals surface area contributed by atoms with Crippen molar-refractivity contribution in [1.29, 1.82) is 0 Å². The highest BCUT2D eigenvalue weighted by molar-refractivity contribution is 9.10. The van der Waals surface area contributed by atoms with Crippen molar-refractivity contribution < 1.29 is 18.7 Å². The van der Waals surface area contributed by atoms with Gasteiger partial charge in [0.15, 0.2) is 5.76 Å². The Morgan fingerprint density at radius 3 is 2.55 bits per heavy atom. The van der Waals surface area contributed by atoms with Crippen LogP contribution in [-0.2, 0) is 13.2 Å². The Kier molecular flexibility index (Phi) is 6.64. The number of anilines is 1. The van der Waals surface area contributed by atoms with Crippen molar-refractivity contribution in [2.24, 2.45) is 0 Å². The molecule has 0 aliphatic rings. The predicted molar refractivity (Wildman–Crippen MR) is 120 cm³/mol. The van der Waals surface area contributed by atoms with Crippen molar-refractivity contribution in [3.05, 3.63) is 107 Å². The van der Waals surface area contributed by atoms with Crippen LogP contribution in [0, 0.1) is 0 Å². The lowest BCUT2D eigenvalue weighted by Gasteiger charge is -2.08. The summed E-state index contributed by atoms with van der Waals surface area (Å²) in [7, 11) is 0. The smallest absolute Gasteiger partial charge is 0.291 e. The molecule has 0 spiro atoms. The second kappa shape index (κ2) is 9.95. The fourth-order valence-corrected chi connectivity index (χ4v) is 3.02. The molecule has 0 aliphatic carbocycles. The molecule has 6 nitrogen and oxygen atoms in total. The van der Waals surface area contributed by atoms with E-state index in [9.17, 15) is 4.79 Å². The summed E-state index contributed by atoms with van der Waals surface area (Å²) < 4.78 is 18.0. The number of nitrogens with zero attached hydrogens (tertiary/aromatic N) is 1. The number of hydrogen-bond acceptors (Lipinski definition) is 5. The molecule has 0 aliphatic heterocycles. The van der Waals surface area contributed by atoms with Crippen LogP contribution in [0.2, 0.25) is 0 Å². The predicted octanol–water partition coefficient (Wildman–Crippen LogP) is 5.85. The zero-order chi connectivity index (χ0) is 21.5. The third kappa shape index (κ3) is 5.96. The first-order valence-electron chi connectivity index (χ1n) is 9.57. The minimum absolute atomic E-state index is 0.203. The summed E-state index contributed by atoms with van der Waals surface area (Å²) in [6, 6.07) is 23.6. The molecule has 7 heteroatoms. The molecular formula is C24H19BrN2O4. The quantitative estimate of drug-likeness (QED) is 0.343. The standard InChI is InChI=1S/C24H19BrN2O4/c25-17-7-9-20(10-8-17)30-16-22-11-12-23(31-22)24(28)27-18-5-3-6-21(14-18)29-15-19-4-1-2-13-26-19/h1-14H,15-16H2,(H,27,28). The molecule has 4 aromatic rings. The molecule has 0 bridgehead atoms. The molecule has 31 heavy (non-hydrogen) atoms. The van der Waals surface area contributed by atoms with Crippen LogP contribution in [-0.4, -0.2) is 10.9 Å². The molecule has 156 valence electrons. The molecule has 0 atom stereocenters. The lowest BCUT2D eigenvalue weighted by Crippen LogP contribution is -2.11. The monoisotopic (exact) mass is 478 g/mol. The van der Waals surface area contributed by atoms with Gasteiger partial charge in [0.1, 0.15) is 30.5 Å². The van der Waals surface area contributed by atoms with Gasteiger partial charge in [-0.15, -0.1) is 0 Å². The van der Waals surface area contributed by atoms with Crippen molar-refractivity contribution in [3.8, 4) is 11.5 Å². The highest BCUT2D eigenvalue weighted by atomic mass is 79.9. The van der Waals surface area contributed by atoms with Crippen LogP contribution in [0.1, 0.15) is 22.0 Å².